The summed E-state index contributed by atoms with van der Waals surface area (Å²) >= 11 is 13.3. The van der Waals surface area contributed by atoms with Gasteiger partial charge in [-0.1, -0.05) is 23.2 Å². The van der Waals surface area contributed by atoms with E-state index in [0.29, 0.717) is 10.7 Å². The van der Waals surface area contributed by atoms with Crippen LogP contribution in [0.25, 0.3) is 0 Å². The van der Waals surface area contributed by atoms with Gasteiger partial charge >= 0.3 is 0 Å². The first-order chi connectivity index (χ1) is 9.63. The molecule has 0 aliphatic rings. The molecule has 0 aliphatic carbocycles. The fourth-order valence-corrected chi connectivity index (χ4v) is 5.20. The lowest BCUT2D eigenvalue weighted by Gasteiger charge is -2.24. The zero-order valence-electron chi connectivity index (χ0n) is 11.2. The predicted molar refractivity (Wildman–Crippen MR) is 86.3 cm³/mol. The first-order valence-corrected chi connectivity index (χ1v) is 8.94. The van der Waals surface area contributed by atoms with Gasteiger partial charge in [-0.3, -0.25) is 0 Å². The minimum absolute atomic E-state index is 0.0255. The Morgan fingerprint density at radius 3 is 2.33 bits per heavy atom. The van der Waals surface area contributed by atoms with E-state index in [-0.39, 0.29) is 14.9 Å². The number of halogens is 2. The Morgan fingerprint density at radius 1 is 1.29 bits per heavy atom. The smallest absolute Gasteiger partial charge is 0.244 e. The molecule has 0 fully saturated rings. The van der Waals surface area contributed by atoms with Gasteiger partial charge in [-0.05, 0) is 26.0 Å². The van der Waals surface area contributed by atoms with E-state index >= 15 is 0 Å². The lowest BCUT2D eigenvalue weighted by molar-refractivity contribution is 0.470. The van der Waals surface area contributed by atoms with Crippen molar-refractivity contribution in [3.63, 3.8) is 0 Å². The van der Waals surface area contributed by atoms with Crippen molar-refractivity contribution >= 4 is 50.2 Å². The van der Waals surface area contributed by atoms with E-state index in [9.17, 15) is 8.42 Å². The molecule has 0 bridgehead atoms. The predicted octanol–water partition coefficient (Wildman–Crippen LogP) is 3.25. The van der Waals surface area contributed by atoms with Gasteiger partial charge < -0.3 is 5.73 Å². The number of nitrogens with one attached hydrogen (secondary N) is 1. The van der Waals surface area contributed by atoms with Crippen molar-refractivity contribution in [2.75, 3.05) is 5.73 Å². The summed E-state index contributed by atoms with van der Waals surface area (Å²) in [5.74, 6) is 0. The standard InChI is InChI=1S/C12H13Cl2N3O2S2/c1-12(2,11-16-3-4-20-11)17-21(18,19)10-8(13)5-7(15)6-9(10)14/h3-6,17H,15H2,1-2H3. The fourth-order valence-electron chi connectivity index (χ4n) is 1.80. The maximum absolute atomic E-state index is 12.6. The van der Waals surface area contributed by atoms with Gasteiger partial charge in [-0.25, -0.2) is 13.4 Å². The number of nitrogens with two attached hydrogens (primary N) is 1. The van der Waals surface area contributed by atoms with E-state index in [0.717, 1.165) is 0 Å². The van der Waals surface area contributed by atoms with E-state index < -0.39 is 15.6 Å². The Bertz CT molecular complexity index is 736. The van der Waals surface area contributed by atoms with E-state index in [1.807, 2.05) is 0 Å². The molecule has 0 saturated heterocycles. The van der Waals surface area contributed by atoms with Crippen LogP contribution >= 0.6 is 34.5 Å². The van der Waals surface area contributed by atoms with Gasteiger partial charge in [0.05, 0.1) is 15.6 Å². The Kier molecular flexibility index (Phi) is 4.51. The van der Waals surface area contributed by atoms with Crippen LogP contribution in [0.5, 0.6) is 0 Å². The molecule has 0 atom stereocenters. The van der Waals surface area contributed by atoms with Crippen molar-refractivity contribution in [1.82, 2.24) is 9.71 Å². The fraction of sp³-hybridized carbons (Fsp3) is 0.250. The van der Waals surface area contributed by atoms with Gasteiger partial charge in [0.2, 0.25) is 10.0 Å². The molecule has 21 heavy (non-hydrogen) atoms. The summed E-state index contributed by atoms with van der Waals surface area (Å²) in [6.45, 7) is 3.42. The number of aromatic nitrogens is 1. The van der Waals surface area contributed by atoms with E-state index in [2.05, 4.69) is 9.71 Å². The van der Waals surface area contributed by atoms with Gasteiger partial charge in [-0.2, -0.15) is 4.72 Å². The van der Waals surface area contributed by atoms with Crippen molar-refractivity contribution in [1.29, 1.82) is 0 Å². The molecule has 0 saturated carbocycles. The molecule has 0 spiro atoms. The molecule has 0 aliphatic heterocycles. The second kappa shape index (κ2) is 5.73. The van der Waals surface area contributed by atoms with E-state index in [4.69, 9.17) is 28.9 Å². The van der Waals surface area contributed by atoms with Crippen LogP contribution in [0.2, 0.25) is 10.0 Å². The molecule has 9 heteroatoms. The lowest BCUT2D eigenvalue weighted by Crippen LogP contribution is -2.41. The summed E-state index contributed by atoms with van der Waals surface area (Å²) in [6.07, 6.45) is 1.61. The summed E-state index contributed by atoms with van der Waals surface area (Å²) in [6, 6.07) is 2.69. The molecular formula is C12H13Cl2N3O2S2. The molecule has 0 amide bonds. The first-order valence-electron chi connectivity index (χ1n) is 5.82. The Labute approximate surface area is 137 Å². The third-order valence-corrected chi connectivity index (χ3v) is 6.32. The van der Waals surface area contributed by atoms with Crippen LogP contribution in [0, 0.1) is 0 Å². The van der Waals surface area contributed by atoms with Crippen molar-refractivity contribution in [2.45, 2.75) is 24.3 Å². The molecule has 2 aromatic rings. The summed E-state index contributed by atoms with van der Waals surface area (Å²) < 4.78 is 27.7. The summed E-state index contributed by atoms with van der Waals surface area (Å²) in [4.78, 5) is 3.94. The second-order valence-electron chi connectivity index (χ2n) is 4.88. The minimum atomic E-state index is -3.92. The van der Waals surface area contributed by atoms with Crippen molar-refractivity contribution in [3.8, 4) is 0 Å². The average molecular weight is 366 g/mol. The molecule has 1 heterocycles. The summed E-state index contributed by atoms with van der Waals surface area (Å²) in [7, 11) is -3.92. The van der Waals surface area contributed by atoms with Gasteiger partial charge in [0.25, 0.3) is 0 Å². The Hall–Kier alpha value is -0.860. The number of rotatable bonds is 4. The number of thiazole rings is 1. The molecule has 1 aromatic carbocycles. The van der Waals surface area contributed by atoms with Crippen molar-refractivity contribution in [2.24, 2.45) is 0 Å². The zero-order chi connectivity index (χ0) is 15.8. The van der Waals surface area contributed by atoms with Crippen LogP contribution in [0.4, 0.5) is 5.69 Å². The van der Waals surface area contributed by atoms with Gasteiger partial charge in [0.15, 0.2) is 0 Å². The number of hydrogen-bond donors (Lipinski definition) is 2. The number of nitrogens with zero attached hydrogens (tertiary/aromatic N) is 1. The highest BCUT2D eigenvalue weighted by Crippen LogP contribution is 2.33. The number of anilines is 1. The number of hydrogen-bond acceptors (Lipinski definition) is 5. The highest BCUT2D eigenvalue weighted by Gasteiger charge is 2.32. The van der Waals surface area contributed by atoms with Crippen LogP contribution in [-0.2, 0) is 15.6 Å². The molecule has 1 aromatic heterocycles. The highest BCUT2D eigenvalue weighted by molar-refractivity contribution is 7.89. The minimum Gasteiger partial charge on any atom is -0.399 e. The monoisotopic (exact) mass is 365 g/mol. The average Bonchev–Trinajstić information content (AvgIpc) is 2.78. The largest absolute Gasteiger partial charge is 0.399 e. The van der Waals surface area contributed by atoms with Crippen molar-refractivity contribution in [3.05, 3.63) is 38.8 Å². The molecule has 114 valence electrons. The molecule has 3 N–H and O–H groups in total. The van der Waals surface area contributed by atoms with E-state index in [1.165, 1.54) is 23.5 Å². The lowest BCUT2D eigenvalue weighted by atomic mass is 10.1. The van der Waals surface area contributed by atoms with Crippen LogP contribution in [0.3, 0.4) is 0 Å². The molecule has 0 unspecified atom stereocenters. The maximum Gasteiger partial charge on any atom is 0.244 e. The molecular weight excluding hydrogens is 353 g/mol. The molecule has 5 nitrogen and oxygen atoms in total. The number of nitrogen functional groups attached to an aromatic ring is 1. The Morgan fingerprint density at radius 2 is 1.86 bits per heavy atom. The highest BCUT2D eigenvalue weighted by atomic mass is 35.5. The van der Waals surface area contributed by atoms with Crippen LogP contribution < -0.4 is 10.5 Å². The quantitative estimate of drug-likeness (QED) is 0.814. The van der Waals surface area contributed by atoms with Crippen molar-refractivity contribution < 1.29 is 8.42 Å². The summed E-state index contributed by atoms with van der Waals surface area (Å²) in [5.41, 5.74) is 4.99. The molecule has 0 radical (unpaired) electrons. The van der Waals surface area contributed by atoms with Crippen LogP contribution in [0.1, 0.15) is 18.9 Å². The molecule has 2 rings (SSSR count). The maximum atomic E-state index is 12.6. The van der Waals surface area contributed by atoms with Crippen LogP contribution in [0.15, 0.2) is 28.6 Å². The number of sulfonamides is 1. The van der Waals surface area contributed by atoms with Gasteiger partial charge in [0, 0.05) is 17.3 Å². The van der Waals surface area contributed by atoms with Crippen LogP contribution in [-0.4, -0.2) is 13.4 Å². The number of benzene rings is 1. The zero-order valence-corrected chi connectivity index (χ0v) is 14.4. The SMILES string of the molecule is CC(C)(NS(=O)(=O)c1c(Cl)cc(N)cc1Cl)c1nccs1. The Balaban J connectivity index is 2.45. The van der Waals surface area contributed by atoms with Gasteiger partial charge in [0.1, 0.15) is 9.90 Å². The third kappa shape index (κ3) is 3.49. The topological polar surface area (TPSA) is 85.1 Å². The summed E-state index contributed by atoms with van der Waals surface area (Å²) in [5, 5.41) is 2.35. The second-order valence-corrected chi connectivity index (χ2v) is 8.21. The third-order valence-electron chi connectivity index (χ3n) is 2.65. The van der Waals surface area contributed by atoms with Gasteiger partial charge in [-0.15, -0.1) is 11.3 Å². The van der Waals surface area contributed by atoms with E-state index in [1.54, 1.807) is 25.4 Å². The normalized spacial score (nSPS) is 12.6. The first kappa shape index (κ1) is 16.5.